The van der Waals surface area contributed by atoms with Gasteiger partial charge >= 0.3 is 0 Å². The molecule has 4 nitrogen and oxygen atoms in total. The molecular weight excluding hydrogens is 212 g/mol. The molecule has 86 valence electrons. The molecule has 2 rings (SSSR count). The fourth-order valence-electron chi connectivity index (χ4n) is 1.65. The molecule has 1 aromatic heterocycles. The molecule has 0 unspecified atom stereocenters. The minimum Gasteiger partial charge on any atom is -0.397 e. The van der Waals surface area contributed by atoms with Crippen molar-refractivity contribution < 1.29 is 0 Å². The zero-order valence-electron chi connectivity index (χ0n) is 9.40. The summed E-state index contributed by atoms with van der Waals surface area (Å²) in [6, 6.07) is 9.38. The van der Waals surface area contributed by atoms with Gasteiger partial charge in [0, 0.05) is 18.9 Å². The molecule has 1 heterocycles. The fourth-order valence-corrected chi connectivity index (χ4v) is 1.65. The predicted octanol–water partition coefficient (Wildman–Crippen LogP) is 2.12. The second-order valence-electron chi connectivity index (χ2n) is 3.81. The lowest BCUT2D eigenvalue weighted by Gasteiger charge is -2.08. The van der Waals surface area contributed by atoms with E-state index < -0.39 is 0 Å². The largest absolute Gasteiger partial charge is 0.397 e. The van der Waals surface area contributed by atoms with Crippen LogP contribution in [0.15, 0.2) is 36.7 Å². The number of nitrogens with two attached hydrogens (primary N) is 1. The van der Waals surface area contributed by atoms with Crippen molar-refractivity contribution in [2.45, 2.75) is 6.42 Å². The van der Waals surface area contributed by atoms with Crippen LogP contribution in [0.5, 0.6) is 0 Å². The van der Waals surface area contributed by atoms with E-state index in [0.29, 0.717) is 11.3 Å². The standard InChI is InChI=1S/C13H14N4/c14-8-11-1-2-13(12(15)7-11)17-6-4-10-3-5-16-9-10/h1-3,5,7,9,16-17H,4,6,15H2. The molecule has 0 atom stereocenters. The van der Waals surface area contributed by atoms with Gasteiger partial charge in [0.25, 0.3) is 0 Å². The van der Waals surface area contributed by atoms with E-state index in [1.54, 1.807) is 12.1 Å². The number of nitrogens with one attached hydrogen (secondary N) is 2. The van der Waals surface area contributed by atoms with Crippen molar-refractivity contribution in [2.75, 3.05) is 17.6 Å². The van der Waals surface area contributed by atoms with Gasteiger partial charge in [-0.3, -0.25) is 0 Å². The van der Waals surface area contributed by atoms with Crippen molar-refractivity contribution >= 4 is 11.4 Å². The first-order chi connectivity index (χ1) is 8.29. The normalized spacial score (nSPS) is 9.82. The third-order valence-electron chi connectivity index (χ3n) is 2.57. The Hall–Kier alpha value is -2.41. The zero-order chi connectivity index (χ0) is 12.1. The highest BCUT2D eigenvalue weighted by atomic mass is 14.9. The predicted molar refractivity (Wildman–Crippen MR) is 68.6 cm³/mol. The summed E-state index contributed by atoms with van der Waals surface area (Å²) >= 11 is 0. The Balaban J connectivity index is 1.93. The molecule has 0 saturated carbocycles. The quantitative estimate of drug-likeness (QED) is 0.699. The van der Waals surface area contributed by atoms with Crippen LogP contribution in [0.25, 0.3) is 0 Å². The molecular formula is C13H14N4. The summed E-state index contributed by atoms with van der Waals surface area (Å²) in [6.07, 6.45) is 4.82. The van der Waals surface area contributed by atoms with E-state index in [1.165, 1.54) is 5.56 Å². The molecule has 2 aromatic rings. The van der Waals surface area contributed by atoms with E-state index in [1.807, 2.05) is 24.5 Å². The maximum Gasteiger partial charge on any atom is 0.0992 e. The second-order valence-corrected chi connectivity index (χ2v) is 3.81. The highest BCUT2D eigenvalue weighted by Gasteiger charge is 2.00. The van der Waals surface area contributed by atoms with Crippen molar-refractivity contribution in [3.63, 3.8) is 0 Å². The van der Waals surface area contributed by atoms with Gasteiger partial charge in [0.05, 0.1) is 23.0 Å². The smallest absolute Gasteiger partial charge is 0.0992 e. The van der Waals surface area contributed by atoms with Crippen LogP contribution >= 0.6 is 0 Å². The molecule has 0 saturated heterocycles. The van der Waals surface area contributed by atoms with E-state index >= 15 is 0 Å². The Morgan fingerprint density at radius 3 is 2.88 bits per heavy atom. The van der Waals surface area contributed by atoms with Gasteiger partial charge in [0.2, 0.25) is 0 Å². The molecule has 0 fully saturated rings. The highest BCUT2D eigenvalue weighted by Crippen LogP contribution is 2.19. The summed E-state index contributed by atoms with van der Waals surface area (Å²) in [4.78, 5) is 3.02. The maximum atomic E-state index is 8.72. The topological polar surface area (TPSA) is 77.6 Å². The van der Waals surface area contributed by atoms with E-state index in [9.17, 15) is 0 Å². The van der Waals surface area contributed by atoms with Gasteiger partial charge in [0.15, 0.2) is 0 Å². The number of hydrogen-bond donors (Lipinski definition) is 3. The van der Waals surface area contributed by atoms with Crippen LogP contribution in [-0.2, 0) is 6.42 Å². The number of nitrogens with zero attached hydrogens (tertiary/aromatic N) is 1. The third-order valence-corrected chi connectivity index (χ3v) is 2.57. The molecule has 0 spiro atoms. The van der Waals surface area contributed by atoms with Gasteiger partial charge in [-0.15, -0.1) is 0 Å². The second kappa shape index (κ2) is 5.08. The Labute approximate surface area is 100 Å². The Morgan fingerprint density at radius 1 is 1.35 bits per heavy atom. The number of rotatable bonds is 4. The molecule has 4 heteroatoms. The molecule has 0 amide bonds. The van der Waals surface area contributed by atoms with Crippen LogP contribution in [0.1, 0.15) is 11.1 Å². The average Bonchev–Trinajstić information content (AvgIpc) is 2.84. The number of nitriles is 1. The first-order valence-electron chi connectivity index (χ1n) is 5.45. The van der Waals surface area contributed by atoms with E-state index in [4.69, 9.17) is 11.0 Å². The van der Waals surface area contributed by atoms with Crippen molar-refractivity contribution in [1.29, 1.82) is 5.26 Å². The molecule has 17 heavy (non-hydrogen) atoms. The summed E-state index contributed by atoms with van der Waals surface area (Å²) in [5.74, 6) is 0. The van der Waals surface area contributed by atoms with E-state index in [2.05, 4.69) is 16.4 Å². The van der Waals surface area contributed by atoms with Gasteiger partial charge in [0.1, 0.15) is 0 Å². The van der Waals surface area contributed by atoms with Gasteiger partial charge in [-0.1, -0.05) is 0 Å². The molecule has 0 radical (unpaired) electrons. The minimum absolute atomic E-state index is 0.582. The lowest BCUT2D eigenvalue weighted by Crippen LogP contribution is -2.06. The van der Waals surface area contributed by atoms with Gasteiger partial charge in [-0.25, -0.2) is 0 Å². The van der Waals surface area contributed by atoms with Crippen LogP contribution in [0.4, 0.5) is 11.4 Å². The van der Waals surface area contributed by atoms with Gasteiger partial charge < -0.3 is 16.0 Å². The Bertz CT molecular complexity index is 523. The van der Waals surface area contributed by atoms with Crippen molar-refractivity contribution in [3.8, 4) is 6.07 Å². The van der Waals surface area contributed by atoms with Gasteiger partial charge in [-0.2, -0.15) is 5.26 Å². The summed E-state index contributed by atoms with van der Waals surface area (Å²) < 4.78 is 0. The molecule has 0 aliphatic heterocycles. The summed E-state index contributed by atoms with van der Waals surface area (Å²) in [5, 5.41) is 12.0. The Kier molecular flexibility index (Phi) is 3.31. The number of hydrogen-bond acceptors (Lipinski definition) is 3. The summed E-state index contributed by atoms with van der Waals surface area (Å²) in [5.41, 5.74) is 9.16. The Morgan fingerprint density at radius 2 is 2.24 bits per heavy atom. The van der Waals surface area contributed by atoms with Crippen LogP contribution in [-0.4, -0.2) is 11.5 Å². The number of aromatic nitrogens is 1. The van der Waals surface area contributed by atoms with Crippen LogP contribution < -0.4 is 11.1 Å². The highest BCUT2D eigenvalue weighted by molar-refractivity contribution is 5.68. The van der Waals surface area contributed by atoms with E-state index in [-0.39, 0.29) is 0 Å². The zero-order valence-corrected chi connectivity index (χ0v) is 9.40. The van der Waals surface area contributed by atoms with E-state index in [0.717, 1.165) is 18.7 Å². The maximum absolute atomic E-state index is 8.72. The number of anilines is 2. The van der Waals surface area contributed by atoms with Crippen molar-refractivity contribution in [2.24, 2.45) is 0 Å². The summed E-state index contributed by atoms with van der Waals surface area (Å²) in [6.45, 7) is 0.813. The third kappa shape index (κ3) is 2.79. The van der Waals surface area contributed by atoms with Crippen molar-refractivity contribution in [3.05, 3.63) is 47.8 Å². The van der Waals surface area contributed by atoms with Crippen LogP contribution in [0, 0.1) is 11.3 Å². The molecule has 4 N–H and O–H groups in total. The fraction of sp³-hybridized carbons (Fsp3) is 0.154. The molecule has 0 aliphatic carbocycles. The number of nitrogen functional groups attached to an aromatic ring is 1. The van der Waals surface area contributed by atoms with Crippen LogP contribution in [0.3, 0.4) is 0 Å². The minimum atomic E-state index is 0.582. The number of aromatic amines is 1. The van der Waals surface area contributed by atoms with Crippen molar-refractivity contribution in [1.82, 2.24) is 4.98 Å². The average molecular weight is 226 g/mol. The lowest BCUT2D eigenvalue weighted by atomic mass is 10.2. The number of benzene rings is 1. The van der Waals surface area contributed by atoms with Gasteiger partial charge in [-0.05, 0) is 36.2 Å². The first kappa shape index (κ1) is 11.1. The summed E-state index contributed by atoms with van der Waals surface area (Å²) in [7, 11) is 0. The lowest BCUT2D eigenvalue weighted by molar-refractivity contribution is 1.02. The SMILES string of the molecule is N#Cc1ccc(NCCc2cc[nH]c2)c(N)c1. The molecule has 0 bridgehead atoms. The first-order valence-corrected chi connectivity index (χ1v) is 5.45. The van der Waals surface area contributed by atoms with Crippen LogP contribution in [0.2, 0.25) is 0 Å². The molecule has 0 aliphatic rings. The monoisotopic (exact) mass is 226 g/mol. The molecule has 1 aromatic carbocycles. The number of H-pyrrole nitrogens is 1.